The van der Waals surface area contributed by atoms with Crippen LogP contribution < -0.4 is 11.1 Å². The lowest BCUT2D eigenvalue weighted by atomic mass is 10.1. The third kappa shape index (κ3) is 1.41. The highest BCUT2D eigenvalue weighted by Crippen LogP contribution is 2.32. The fourth-order valence-corrected chi connectivity index (χ4v) is 1.94. The topological polar surface area (TPSA) is 101 Å². The van der Waals surface area contributed by atoms with Gasteiger partial charge in [0, 0.05) is 17.3 Å². The first-order valence-corrected chi connectivity index (χ1v) is 5.27. The van der Waals surface area contributed by atoms with Gasteiger partial charge in [-0.15, -0.1) is 0 Å². The molecule has 0 radical (unpaired) electrons. The van der Waals surface area contributed by atoms with Crippen LogP contribution in [0.25, 0.3) is 16.6 Å². The molecule has 3 rings (SSSR count). The maximum atomic E-state index is 10.6. The summed E-state index contributed by atoms with van der Waals surface area (Å²) in [5.74, 6) is 0.535. The van der Waals surface area contributed by atoms with Gasteiger partial charge in [-0.25, -0.2) is 4.52 Å². The number of rotatable bonds is 3. The first kappa shape index (κ1) is 10.3. The van der Waals surface area contributed by atoms with Crippen LogP contribution in [0.15, 0.2) is 30.7 Å². The van der Waals surface area contributed by atoms with Crippen LogP contribution in [0, 0.1) is 0 Å². The molecule has 90 valence electrons. The molecule has 0 saturated heterocycles. The number of anilines is 2. The van der Waals surface area contributed by atoms with E-state index in [2.05, 4.69) is 20.6 Å². The van der Waals surface area contributed by atoms with Crippen molar-refractivity contribution >= 4 is 23.4 Å². The molecule has 1 amide bonds. The summed E-state index contributed by atoms with van der Waals surface area (Å²) in [7, 11) is 0. The number of aromatic nitrogens is 4. The quantitative estimate of drug-likeness (QED) is 0.593. The van der Waals surface area contributed by atoms with E-state index in [4.69, 9.17) is 5.73 Å². The molecule has 0 bridgehead atoms. The van der Waals surface area contributed by atoms with Crippen LogP contribution in [0.2, 0.25) is 0 Å². The Kier molecular flexibility index (Phi) is 2.23. The predicted molar refractivity (Wildman–Crippen MR) is 66.9 cm³/mol. The van der Waals surface area contributed by atoms with Gasteiger partial charge >= 0.3 is 0 Å². The summed E-state index contributed by atoms with van der Waals surface area (Å²) in [4.78, 5) is 10.6. The van der Waals surface area contributed by atoms with E-state index in [1.807, 2.05) is 6.07 Å². The molecule has 3 aromatic heterocycles. The number of amides is 1. The van der Waals surface area contributed by atoms with Gasteiger partial charge in [0.2, 0.25) is 6.41 Å². The normalized spacial score (nSPS) is 10.7. The number of carbonyl (C=O) groups excluding carboxylic acids is 1. The Morgan fingerprint density at radius 3 is 3.00 bits per heavy atom. The van der Waals surface area contributed by atoms with Gasteiger partial charge in [0.05, 0.1) is 23.6 Å². The lowest BCUT2D eigenvalue weighted by Crippen LogP contribution is -2.03. The molecule has 0 aliphatic rings. The summed E-state index contributed by atoms with van der Waals surface area (Å²) in [5.41, 5.74) is 8.90. The smallest absolute Gasteiger partial charge is 0.211 e. The summed E-state index contributed by atoms with van der Waals surface area (Å²) < 4.78 is 1.61. The zero-order valence-corrected chi connectivity index (χ0v) is 9.29. The number of fused-ring (bicyclic) bond motifs is 1. The zero-order valence-electron chi connectivity index (χ0n) is 9.29. The van der Waals surface area contributed by atoms with E-state index >= 15 is 0 Å². The third-order valence-electron chi connectivity index (χ3n) is 2.71. The SMILES string of the molecule is Nc1ccc2c(-c3cn[nH]c3)c(NC=O)cnn12. The first-order valence-electron chi connectivity index (χ1n) is 5.27. The second-order valence-corrected chi connectivity index (χ2v) is 3.74. The number of carbonyl (C=O) groups is 1. The van der Waals surface area contributed by atoms with Gasteiger partial charge in [-0.2, -0.15) is 10.2 Å². The van der Waals surface area contributed by atoms with Gasteiger partial charge in [0.25, 0.3) is 0 Å². The molecule has 0 saturated carbocycles. The summed E-state index contributed by atoms with van der Waals surface area (Å²) in [6.07, 6.45) is 5.59. The molecule has 0 atom stereocenters. The van der Waals surface area contributed by atoms with Crippen molar-refractivity contribution < 1.29 is 4.79 Å². The molecular formula is C11H10N6O. The summed E-state index contributed by atoms with van der Waals surface area (Å²) >= 11 is 0. The molecular weight excluding hydrogens is 232 g/mol. The second kappa shape index (κ2) is 3.88. The number of nitrogens with one attached hydrogen (secondary N) is 2. The third-order valence-corrected chi connectivity index (χ3v) is 2.71. The standard InChI is InChI=1S/C11H10N6O/c12-10-2-1-9-11(7-3-14-15-4-7)8(13-6-18)5-16-17(9)10/h1-6H,12H2,(H,13,18)(H,14,15). The molecule has 0 aliphatic heterocycles. The molecule has 0 spiro atoms. The van der Waals surface area contributed by atoms with Crippen molar-refractivity contribution in [2.24, 2.45) is 0 Å². The molecule has 4 N–H and O–H groups in total. The Bertz CT molecular complexity index is 700. The number of aromatic amines is 1. The Labute approximate surface area is 102 Å². The fourth-order valence-electron chi connectivity index (χ4n) is 1.94. The van der Waals surface area contributed by atoms with Gasteiger partial charge in [0.1, 0.15) is 5.82 Å². The summed E-state index contributed by atoms with van der Waals surface area (Å²) in [5, 5.41) is 13.4. The Morgan fingerprint density at radius 2 is 2.28 bits per heavy atom. The Balaban J connectivity index is 2.35. The largest absolute Gasteiger partial charge is 0.384 e. The first-order chi connectivity index (χ1) is 8.81. The van der Waals surface area contributed by atoms with E-state index in [1.165, 1.54) is 0 Å². The van der Waals surface area contributed by atoms with Gasteiger partial charge in [-0.1, -0.05) is 0 Å². The molecule has 0 fully saturated rings. The number of nitrogens with two attached hydrogens (primary N) is 1. The molecule has 0 aliphatic carbocycles. The van der Waals surface area contributed by atoms with Crippen LogP contribution in [0.3, 0.4) is 0 Å². The summed E-state index contributed by atoms with van der Waals surface area (Å²) in [6.45, 7) is 0. The highest BCUT2D eigenvalue weighted by molar-refractivity contribution is 5.93. The maximum Gasteiger partial charge on any atom is 0.211 e. The number of nitrogen functional groups attached to an aromatic ring is 1. The van der Waals surface area contributed by atoms with Gasteiger partial charge in [-0.3, -0.25) is 9.89 Å². The van der Waals surface area contributed by atoms with Crippen LogP contribution in [0.4, 0.5) is 11.5 Å². The number of H-pyrrole nitrogens is 1. The van der Waals surface area contributed by atoms with Crippen molar-refractivity contribution in [1.82, 2.24) is 19.8 Å². The van der Waals surface area contributed by atoms with E-state index in [0.29, 0.717) is 17.9 Å². The minimum atomic E-state index is 0.535. The van der Waals surface area contributed by atoms with E-state index in [1.54, 1.807) is 29.2 Å². The number of hydrogen-bond donors (Lipinski definition) is 3. The minimum Gasteiger partial charge on any atom is -0.384 e. The van der Waals surface area contributed by atoms with Crippen molar-refractivity contribution in [3.05, 3.63) is 30.7 Å². The number of nitrogens with zero attached hydrogens (tertiary/aromatic N) is 3. The Hall–Kier alpha value is -2.83. The predicted octanol–water partition coefficient (Wildman–Crippen LogP) is 0.875. The molecule has 18 heavy (non-hydrogen) atoms. The van der Waals surface area contributed by atoms with Crippen LogP contribution in [0.5, 0.6) is 0 Å². The van der Waals surface area contributed by atoms with Crippen molar-refractivity contribution in [2.75, 3.05) is 11.1 Å². The average Bonchev–Trinajstić information content (AvgIpc) is 3.00. The van der Waals surface area contributed by atoms with Crippen molar-refractivity contribution in [3.63, 3.8) is 0 Å². The van der Waals surface area contributed by atoms with E-state index in [0.717, 1.165) is 16.6 Å². The van der Waals surface area contributed by atoms with E-state index < -0.39 is 0 Å². The molecule has 7 heteroatoms. The van der Waals surface area contributed by atoms with Crippen LogP contribution >= 0.6 is 0 Å². The lowest BCUT2D eigenvalue weighted by molar-refractivity contribution is -0.105. The van der Waals surface area contributed by atoms with Crippen molar-refractivity contribution in [3.8, 4) is 11.1 Å². The van der Waals surface area contributed by atoms with Crippen LogP contribution in [0.1, 0.15) is 0 Å². The zero-order chi connectivity index (χ0) is 12.5. The van der Waals surface area contributed by atoms with Gasteiger partial charge < -0.3 is 11.1 Å². The van der Waals surface area contributed by atoms with E-state index in [9.17, 15) is 4.79 Å². The van der Waals surface area contributed by atoms with Crippen molar-refractivity contribution in [1.29, 1.82) is 0 Å². The molecule has 7 nitrogen and oxygen atoms in total. The highest BCUT2D eigenvalue weighted by Gasteiger charge is 2.13. The number of hydrogen-bond acceptors (Lipinski definition) is 4. The monoisotopic (exact) mass is 242 g/mol. The lowest BCUT2D eigenvalue weighted by Gasteiger charge is -2.08. The van der Waals surface area contributed by atoms with Gasteiger partial charge in [0.15, 0.2) is 0 Å². The second-order valence-electron chi connectivity index (χ2n) is 3.74. The van der Waals surface area contributed by atoms with E-state index in [-0.39, 0.29) is 0 Å². The molecule has 3 aromatic rings. The van der Waals surface area contributed by atoms with Crippen LogP contribution in [-0.2, 0) is 4.79 Å². The minimum absolute atomic E-state index is 0.535. The van der Waals surface area contributed by atoms with Gasteiger partial charge in [-0.05, 0) is 12.1 Å². The fraction of sp³-hybridized carbons (Fsp3) is 0. The molecule has 0 unspecified atom stereocenters. The Morgan fingerprint density at radius 1 is 1.39 bits per heavy atom. The highest BCUT2D eigenvalue weighted by atomic mass is 16.1. The maximum absolute atomic E-state index is 10.6. The molecule has 0 aromatic carbocycles. The average molecular weight is 242 g/mol. The summed E-state index contributed by atoms with van der Waals surface area (Å²) in [6, 6.07) is 3.61. The van der Waals surface area contributed by atoms with Crippen molar-refractivity contribution in [2.45, 2.75) is 0 Å². The van der Waals surface area contributed by atoms with Crippen LogP contribution in [-0.4, -0.2) is 26.2 Å². The molecule has 3 heterocycles.